The van der Waals surface area contributed by atoms with E-state index in [1.54, 1.807) is 6.20 Å². The average molecular weight is 281 g/mol. The van der Waals surface area contributed by atoms with E-state index in [0.717, 1.165) is 24.5 Å². The normalized spacial score (nSPS) is 27.6. The standard InChI is InChI=1S/C14H21ClN4/c1-10-8-18-4-2-3-12(18)9-19(10)14-5-11(6-16)13(15)7-17-14/h5,7,10,12H,2-4,6,8-9,16H2,1H3. The molecule has 0 amide bonds. The summed E-state index contributed by atoms with van der Waals surface area (Å²) in [7, 11) is 0. The van der Waals surface area contributed by atoms with E-state index in [1.165, 1.54) is 19.4 Å². The Morgan fingerprint density at radius 1 is 1.47 bits per heavy atom. The number of halogens is 1. The third kappa shape index (κ3) is 2.45. The van der Waals surface area contributed by atoms with Crippen LogP contribution in [0.2, 0.25) is 5.02 Å². The van der Waals surface area contributed by atoms with Crippen LogP contribution in [0.1, 0.15) is 25.3 Å². The number of pyridine rings is 1. The van der Waals surface area contributed by atoms with Crippen molar-refractivity contribution in [2.24, 2.45) is 5.73 Å². The van der Waals surface area contributed by atoms with E-state index in [0.29, 0.717) is 23.7 Å². The number of nitrogens with two attached hydrogens (primary N) is 1. The lowest BCUT2D eigenvalue weighted by Crippen LogP contribution is -2.55. The van der Waals surface area contributed by atoms with Crippen LogP contribution in [-0.4, -0.2) is 41.6 Å². The second-order valence-electron chi connectivity index (χ2n) is 5.63. The van der Waals surface area contributed by atoms with Crippen LogP contribution in [-0.2, 0) is 6.54 Å². The molecular formula is C14H21ClN4. The Morgan fingerprint density at radius 2 is 2.32 bits per heavy atom. The van der Waals surface area contributed by atoms with Gasteiger partial charge in [0.25, 0.3) is 0 Å². The summed E-state index contributed by atoms with van der Waals surface area (Å²) in [5, 5.41) is 0.665. The minimum Gasteiger partial charge on any atom is -0.351 e. The van der Waals surface area contributed by atoms with Gasteiger partial charge in [-0.2, -0.15) is 0 Å². The lowest BCUT2D eigenvalue weighted by atomic mass is 10.1. The van der Waals surface area contributed by atoms with Crippen LogP contribution in [0, 0.1) is 0 Å². The van der Waals surface area contributed by atoms with Gasteiger partial charge in [-0.25, -0.2) is 4.98 Å². The zero-order valence-corrected chi connectivity index (χ0v) is 12.1. The van der Waals surface area contributed by atoms with E-state index in [1.807, 2.05) is 6.07 Å². The number of piperazine rings is 1. The lowest BCUT2D eigenvalue weighted by molar-refractivity contribution is 0.202. The van der Waals surface area contributed by atoms with Crippen molar-refractivity contribution in [3.8, 4) is 0 Å². The van der Waals surface area contributed by atoms with E-state index in [-0.39, 0.29) is 0 Å². The van der Waals surface area contributed by atoms with Crippen LogP contribution in [0.5, 0.6) is 0 Å². The fourth-order valence-electron chi connectivity index (χ4n) is 3.29. The molecule has 2 N–H and O–H groups in total. The van der Waals surface area contributed by atoms with E-state index in [4.69, 9.17) is 17.3 Å². The van der Waals surface area contributed by atoms with Gasteiger partial charge in [0.1, 0.15) is 5.82 Å². The van der Waals surface area contributed by atoms with Crippen LogP contribution in [0.15, 0.2) is 12.3 Å². The van der Waals surface area contributed by atoms with Crippen molar-refractivity contribution in [1.82, 2.24) is 9.88 Å². The Hall–Kier alpha value is -0.840. The van der Waals surface area contributed by atoms with E-state index >= 15 is 0 Å². The fourth-order valence-corrected chi connectivity index (χ4v) is 3.47. The van der Waals surface area contributed by atoms with E-state index in [9.17, 15) is 0 Å². The molecule has 0 spiro atoms. The predicted molar refractivity (Wildman–Crippen MR) is 78.5 cm³/mol. The van der Waals surface area contributed by atoms with Gasteiger partial charge in [-0.1, -0.05) is 11.6 Å². The number of fused-ring (bicyclic) bond motifs is 1. The third-order valence-electron chi connectivity index (χ3n) is 4.37. The van der Waals surface area contributed by atoms with Crippen molar-refractivity contribution in [1.29, 1.82) is 0 Å². The SMILES string of the molecule is CC1CN2CCCC2CN1c1cc(CN)c(Cl)cn1. The van der Waals surface area contributed by atoms with Crippen molar-refractivity contribution >= 4 is 17.4 Å². The van der Waals surface area contributed by atoms with Crippen molar-refractivity contribution in [3.63, 3.8) is 0 Å². The van der Waals surface area contributed by atoms with E-state index in [2.05, 4.69) is 21.7 Å². The maximum atomic E-state index is 6.09. The number of hydrogen-bond acceptors (Lipinski definition) is 4. The fraction of sp³-hybridized carbons (Fsp3) is 0.643. The molecule has 3 rings (SSSR count). The maximum Gasteiger partial charge on any atom is 0.129 e. The summed E-state index contributed by atoms with van der Waals surface area (Å²) < 4.78 is 0. The monoisotopic (exact) mass is 280 g/mol. The molecule has 5 heteroatoms. The quantitative estimate of drug-likeness (QED) is 0.898. The molecule has 0 aromatic carbocycles. The van der Waals surface area contributed by atoms with Gasteiger partial charge in [0, 0.05) is 37.9 Å². The van der Waals surface area contributed by atoms with Gasteiger partial charge >= 0.3 is 0 Å². The first kappa shape index (κ1) is 13.2. The van der Waals surface area contributed by atoms with Gasteiger partial charge in [-0.05, 0) is 37.9 Å². The summed E-state index contributed by atoms with van der Waals surface area (Å²) >= 11 is 6.09. The minimum absolute atomic E-state index is 0.464. The molecule has 0 saturated carbocycles. The van der Waals surface area contributed by atoms with Crippen LogP contribution < -0.4 is 10.6 Å². The molecule has 2 saturated heterocycles. The van der Waals surface area contributed by atoms with Gasteiger partial charge in [-0.15, -0.1) is 0 Å². The predicted octanol–water partition coefficient (Wildman–Crippen LogP) is 1.87. The summed E-state index contributed by atoms with van der Waals surface area (Å²) in [6.45, 7) is 6.19. The molecular weight excluding hydrogens is 260 g/mol. The van der Waals surface area contributed by atoms with Crippen LogP contribution in [0.4, 0.5) is 5.82 Å². The molecule has 4 nitrogen and oxygen atoms in total. The lowest BCUT2D eigenvalue weighted by Gasteiger charge is -2.43. The second kappa shape index (κ2) is 5.27. The second-order valence-corrected chi connectivity index (χ2v) is 6.04. The Balaban J connectivity index is 1.84. The molecule has 2 aliphatic heterocycles. The van der Waals surface area contributed by atoms with Gasteiger partial charge < -0.3 is 10.6 Å². The highest BCUT2D eigenvalue weighted by Crippen LogP contribution is 2.29. The summed E-state index contributed by atoms with van der Waals surface area (Å²) in [5.41, 5.74) is 6.71. The molecule has 2 atom stereocenters. The Labute approximate surface area is 119 Å². The van der Waals surface area contributed by atoms with Crippen LogP contribution >= 0.6 is 11.6 Å². The van der Waals surface area contributed by atoms with E-state index < -0.39 is 0 Å². The average Bonchev–Trinajstić information content (AvgIpc) is 2.85. The molecule has 1 aromatic rings. The van der Waals surface area contributed by atoms with Gasteiger partial charge in [-0.3, -0.25) is 4.90 Å². The highest BCUT2D eigenvalue weighted by Gasteiger charge is 2.34. The molecule has 2 fully saturated rings. The molecule has 2 unspecified atom stereocenters. The topological polar surface area (TPSA) is 45.4 Å². The first-order chi connectivity index (χ1) is 9.19. The number of rotatable bonds is 2. The first-order valence-electron chi connectivity index (χ1n) is 7.04. The molecule has 0 aliphatic carbocycles. The summed E-state index contributed by atoms with van der Waals surface area (Å²) in [4.78, 5) is 9.51. The molecule has 0 radical (unpaired) electrons. The zero-order chi connectivity index (χ0) is 13.4. The highest BCUT2D eigenvalue weighted by atomic mass is 35.5. The van der Waals surface area contributed by atoms with Crippen molar-refractivity contribution in [2.75, 3.05) is 24.5 Å². The smallest absolute Gasteiger partial charge is 0.129 e. The molecule has 0 bridgehead atoms. The van der Waals surface area contributed by atoms with Crippen LogP contribution in [0.25, 0.3) is 0 Å². The number of aromatic nitrogens is 1. The Morgan fingerprint density at radius 3 is 3.11 bits per heavy atom. The van der Waals surface area contributed by atoms with Gasteiger partial charge in [0.15, 0.2) is 0 Å². The maximum absolute atomic E-state index is 6.09. The molecule has 104 valence electrons. The summed E-state index contributed by atoms with van der Waals surface area (Å²) in [6, 6.07) is 3.23. The largest absolute Gasteiger partial charge is 0.351 e. The Kier molecular flexibility index (Phi) is 3.65. The van der Waals surface area contributed by atoms with Crippen molar-refractivity contribution < 1.29 is 0 Å². The summed E-state index contributed by atoms with van der Waals surface area (Å²) in [5.74, 6) is 1.02. The number of nitrogens with zero attached hydrogens (tertiary/aromatic N) is 3. The zero-order valence-electron chi connectivity index (χ0n) is 11.3. The van der Waals surface area contributed by atoms with Crippen LogP contribution in [0.3, 0.4) is 0 Å². The number of anilines is 1. The van der Waals surface area contributed by atoms with Crippen molar-refractivity contribution in [3.05, 3.63) is 22.8 Å². The molecule has 19 heavy (non-hydrogen) atoms. The minimum atomic E-state index is 0.464. The third-order valence-corrected chi connectivity index (χ3v) is 4.71. The van der Waals surface area contributed by atoms with Gasteiger partial charge in [0.2, 0.25) is 0 Å². The first-order valence-corrected chi connectivity index (χ1v) is 7.42. The highest BCUT2D eigenvalue weighted by molar-refractivity contribution is 6.31. The van der Waals surface area contributed by atoms with Gasteiger partial charge in [0.05, 0.1) is 5.02 Å². The van der Waals surface area contributed by atoms with Crippen molar-refractivity contribution in [2.45, 2.75) is 38.4 Å². The molecule has 1 aromatic heterocycles. The Bertz CT molecular complexity index is 465. The summed E-state index contributed by atoms with van der Waals surface area (Å²) in [6.07, 6.45) is 4.36. The molecule has 2 aliphatic rings. The molecule has 3 heterocycles. The number of hydrogen-bond donors (Lipinski definition) is 1.